The SMILES string of the molecule is CCC(C)CSC(C)CC(C)N. The minimum absolute atomic E-state index is 0.351. The van der Waals surface area contributed by atoms with Crippen LogP contribution >= 0.6 is 11.8 Å². The van der Waals surface area contributed by atoms with Crippen LogP contribution in [0.4, 0.5) is 0 Å². The van der Waals surface area contributed by atoms with Crippen LogP contribution in [0.3, 0.4) is 0 Å². The van der Waals surface area contributed by atoms with E-state index >= 15 is 0 Å². The van der Waals surface area contributed by atoms with Gasteiger partial charge < -0.3 is 5.73 Å². The summed E-state index contributed by atoms with van der Waals surface area (Å²) in [7, 11) is 0. The van der Waals surface area contributed by atoms with E-state index in [0.29, 0.717) is 6.04 Å². The molecule has 0 aromatic heterocycles. The number of hydrogen-bond donors (Lipinski definition) is 1. The van der Waals surface area contributed by atoms with Gasteiger partial charge in [0.1, 0.15) is 0 Å². The Hall–Kier alpha value is 0.310. The van der Waals surface area contributed by atoms with E-state index in [1.165, 1.54) is 12.2 Å². The van der Waals surface area contributed by atoms with Gasteiger partial charge in [0.25, 0.3) is 0 Å². The van der Waals surface area contributed by atoms with Crippen LogP contribution in [-0.2, 0) is 0 Å². The van der Waals surface area contributed by atoms with Crippen molar-refractivity contribution in [1.29, 1.82) is 0 Å². The molecule has 0 amide bonds. The maximum absolute atomic E-state index is 5.72. The van der Waals surface area contributed by atoms with Crippen LogP contribution in [0.2, 0.25) is 0 Å². The van der Waals surface area contributed by atoms with E-state index in [-0.39, 0.29) is 0 Å². The van der Waals surface area contributed by atoms with Crippen molar-refractivity contribution in [2.75, 3.05) is 5.75 Å². The maximum Gasteiger partial charge on any atom is 0.00334 e. The highest BCUT2D eigenvalue weighted by molar-refractivity contribution is 7.99. The summed E-state index contributed by atoms with van der Waals surface area (Å²) in [5.74, 6) is 2.13. The minimum Gasteiger partial charge on any atom is -0.328 e. The van der Waals surface area contributed by atoms with Crippen molar-refractivity contribution in [3.8, 4) is 0 Å². The molecule has 0 radical (unpaired) electrons. The normalized spacial score (nSPS) is 18.8. The van der Waals surface area contributed by atoms with E-state index in [1.807, 2.05) is 0 Å². The first-order valence-corrected chi connectivity index (χ1v) is 5.98. The monoisotopic (exact) mass is 189 g/mol. The highest BCUT2D eigenvalue weighted by Gasteiger charge is 2.07. The Bertz CT molecular complexity index is 104. The standard InChI is InChI=1S/C10H23NS/c1-5-8(2)7-12-10(4)6-9(3)11/h8-10H,5-7,11H2,1-4H3. The van der Waals surface area contributed by atoms with Crippen molar-refractivity contribution >= 4 is 11.8 Å². The lowest BCUT2D eigenvalue weighted by molar-refractivity contribution is 0.628. The fourth-order valence-corrected chi connectivity index (χ4v) is 2.37. The Kier molecular flexibility index (Phi) is 6.96. The largest absolute Gasteiger partial charge is 0.328 e. The van der Waals surface area contributed by atoms with Gasteiger partial charge in [0.2, 0.25) is 0 Å². The number of nitrogens with two attached hydrogens (primary N) is 1. The van der Waals surface area contributed by atoms with Gasteiger partial charge in [-0.1, -0.05) is 27.2 Å². The first kappa shape index (κ1) is 12.3. The Labute approximate surface area is 81.5 Å². The van der Waals surface area contributed by atoms with Gasteiger partial charge in [0.15, 0.2) is 0 Å². The molecule has 0 bridgehead atoms. The Morgan fingerprint density at radius 2 is 1.83 bits per heavy atom. The Morgan fingerprint density at radius 1 is 1.25 bits per heavy atom. The molecule has 0 saturated carbocycles. The molecule has 0 aliphatic heterocycles. The second kappa shape index (κ2) is 6.79. The molecule has 0 heterocycles. The second-order valence-corrected chi connectivity index (χ2v) is 5.34. The molecule has 12 heavy (non-hydrogen) atoms. The summed E-state index contributed by atoms with van der Waals surface area (Å²) in [5.41, 5.74) is 5.72. The van der Waals surface area contributed by atoms with E-state index in [9.17, 15) is 0 Å². The van der Waals surface area contributed by atoms with Crippen LogP contribution in [-0.4, -0.2) is 17.0 Å². The molecule has 0 aromatic rings. The van der Waals surface area contributed by atoms with Gasteiger partial charge >= 0.3 is 0 Å². The van der Waals surface area contributed by atoms with Crippen molar-refractivity contribution in [2.24, 2.45) is 11.7 Å². The van der Waals surface area contributed by atoms with E-state index in [0.717, 1.165) is 17.6 Å². The molecule has 0 saturated heterocycles. The van der Waals surface area contributed by atoms with Gasteiger partial charge in [0.05, 0.1) is 0 Å². The zero-order chi connectivity index (χ0) is 9.56. The van der Waals surface area contributed by atoms with Crippen LogP contribution in [0.15, 0.2) is 0 Å². The molecule has 0 fully saturated rings. The maximum atomic E-state index is 5.72. The first-order chi connectivity index (χ1) is 5.56. The molecular weight excluding hydrogens is 166 g/mol. The molecule has 74 valence electrons. The Balaban J connectivity index is 3.36. The molecule has 2 N–H and O–H groups in total. The summed E-state index contributed by atoms with van der Waals surface area (Å²) in [6, 6.07) is 0.351. The average Bonchev–Trinajstić information content (AvgIpc) is 1.99. The molecule has 0 spiro atoms. The van der Waals surface area contributed by atoms with E-state index in [2.05, 4.69) is 39.5 Å². The van der Waals surface area contributed by atoms with Gasteiger partial charge in [-0.3, -0.25) is 0 Å². The lowest BCUT2D eigenvalue weighted by Gasteiger charge is -2.15. The van der Waals surface area contributed by atoms with Crippen LogP contribution in [0.5, 0.6) is 0 Å². The summed E-state index contributed by atoms with van der Waals surface area (Å²) < 4.78 is 0. The lowest BCUT2D eigenvalue weighted by Crippen LogP contribution is -2.19. The van der Waals surface area contributed by atoms with Gasteiger partial charge in [-0.05, 0) is 25.0 Å². The molecule has 0 aliphatic rings. The molecule has 0 aliphatic carbocycles. The quantitative estimate of drug-likeness (QED) is 0.695. The highest BCUT2D eigenvalue weighted by Crippen LogP contribution is 2.19. The molecule has 3 unspecified atom stereocenters. The van der Waals surface area contributed by atoms with E-state index in [1.54, 1.807) is 0 Å². The predicted octanol–water partition coefficient (Wildman–Crippen LogP) is 2.89. The molecule has 0 rings (SSSR count). The average molecular weight is 189 g/mol. The molecule has 1 nitrogen and oxygen atoms in total. The van der Waals surface area contributed by atoms with Gasteiger partial charge in [-0.15, -0.1) is 0 Å². The van der Waals surface area contributed by atoms with E-state index < -0.39 is 0 Å². The fraction of sp³-hybridized carbons (Fsp3) is 1.00. The zero-order valence-corrected chi connectivity index (χ0v) is 9.66. The van der Waals surface area contributed by atoms with Crippen LogP contribution < -0.4 is 5.73 Å². The summed E-state index contributed by atoms with van der Waals surface area (Å²) in [4.78, 5) is 0. The number of rotatable bonds is 6. The van der Waals surface area contributed by atoms with Crippen molar-refractivity contribution in [3.05, 3.63) is 0 Å². The predicted molar refractivity (Wildman–Crippen MR) is 59.6 cm³/mol. The summed E-state index contributed by atoms with van der Waals surface area (Å²) in [5, 5.41) is 0.721. The first-order valence-electron chi connectivity index (χ1n) is 4.93. The molecule has 3 atom stereocenters. The third kappa shape index (κ3) is 6.99. The number of hydrogen-bond acceptors (Lipinski definition) is 2. The Morgan fingerprint density at radius 3 is 2.25 bits per heavy atom. The van der Waals surface area contributed by atoms with Crippen molar-refractivity contribution in [2.45, 2.75) is 51.8 Å². The van der Waals surface area contributed by atoms with E-state index in [4.69, 9.17) is 5.73 Å². The van der Waals surface area contributed by atoms with Gasteiger partial charge in [0, 0.05) is 11.3 Å². The fourth-order valence-electron chi connectivity index (χ4n) is 1.04. The summed E-state index contributed by atoms with van der Waals surface area (Å²) in [6.45, 7) is 8.92. The summed E-state index contributed by atoms with van der Waals surface area (Å²) >= 11 is 2.06. The summed E-state index contributed by atoms with van der Waals surface area (Å²) in [6.07, 6.45) is 2.43. The third-order valence-corrected chi connectivity index (χ3v) is 3.59. The van der Waals surface area contributed by atoms with Crippen molar-refractivity contribution < 1.29 is 0 Å². The zero-order valence-electron chi connectivity index (χ0n) is 8.84. The van der Waals surface area contributed by atoms with Crippen LogP contribution in [0, 0.1) is 5.92 Å². The van der Waals surface area contributed by atoms with Gasteiger partial charge in [-0.25, -0.2) is 0 Å². The van der Waals surface area contributed by atoms with Crippen molar-refractivity contribution in [3.63, 3.8) is 0 Å². The topological polar surface area (TPSA) is 26.0 Å². The molecular formula is C10H23NS. The molecule has 0 aromatic carbocycles. The molecule has 2 heteroatoms. The second-order valence-electron chi connectivity index (χ2n) is 3.87. The lowest BCUT2D eigenvalue weighted by atomic mass is 10.2. The smallest absolute Gasteiger partial charge is 0.00334 e. The van der Waals surface area contributed by atoms with Gasteiger partial charge in [-0.2, -0.15) is 11.8 Å². The number of thioether (sulfide) groups is 1. The van der Waals surface area contributed by atoms with Crippen LogP contribution in [0.25, 0.3) is 0 Å². The van der Waals surface area contributed by atoms with Crippen LogP contribution in [0.1, 0.15) is 40.5 Å². The van der Waals surface area contributed by atoms with Crippen molar-refractivity contribution in [1.82, 2.24) is 0 Å². The minimum atomic E-state index is 0.351. The third-order valence-electron chi connectivity index (χ3n) is 2.07. The highest BCUT2D eigenvalue weighted by atomic mass is 32.2.